The lowest BCUT2D eigenvalue weighted by Crippen LogP contribution is -2.51. The number of aliphatic imine (C=N–C) groups is 1. The van der Waals surface area contributed by atoms with Crippen LogP contribution in [0, 0.1) is 20.8 Å². The lowest BCUT2D eigenvalue weighted by molar-refractivity contribution is 0.408. The molecule has 0 saturated heterocycles. The molecule has 0 bridgehead atoms. The summed E-state index contributed by atoms with van der Waals surface area (Å²) >= 11 is 0. The minimum atomic E-state index is 0.0338. The number of amidine groups is 1. The van der Waals surface area contributed by atoms with Crippen molar-refractivity contribution in [2.24, 2.45) is 10.7 Å². The average molecular weight is 634 g/mol. The van der Waals surface area contributed by atoms with Crippen LogP contribution in [-0.2, 0) is 0 Å². The standard InChI is InChI=1S/C35H45N5O.C6H10/c1-24-9-18-32-31(22-24)34(27-11-12-27)40(28-14-16-30(41-6)17-15-28)35(37-32)33(8-7-19-36)39(21-20-38(4)5)29-13-10-25(2)26(3)23-29;1-2-6-4-3-5-6/h9-10,13-18,22-23,33H,7-8,11-12,19-21,36H2,1-6H3;2H,3-5H2,1H3. The number of methoxy groups -OCH3 is 1. The summed E-state index contributed by atoms with van der Waals surface area (Å²) in [5.74, 6) is 1.91. The van der Waals surface area contributed by atoms with Gasteiger partial charge in [-0.2, -0.15) is 0 Å². The Bertz CT molecular complexity index is 1610. The molecule has 2 N–H and O–H groups in total. The topological polar surface area (TPSA) is 57.3 Å². The molecule has 6 heteroatoms. The van der Waals surface area contributed by atoms with Crippen molar-refractivity contribution in [3.8, 4) is 5.75 Å². The van der Waals surface area contributed by atoms with Crippen molar-refractivity contribution in [2.75, 3.05) is 50.6 Å². The first kappa shape index (κ1) is 34.5. The van der Waals surface area contributed by atoms with E-state index in [1.807, 2.05) is 0 Å². The Kier molecular flexibility index (Phi) is 11.6. The maximum atomic E-state index is 6.16. The van der Waals surface area contributed by atoms with E-state index in [-0.39, 0.29) is 6.04 Å². The van der Waals surface area contributed by atoms with E-state index < -0.39 is 0 Å². The number of anilines is 2. The Labute approximate surface area is 283 Å². The SMILES string of the molecule is CC=C1CCC1.COc1ccc(N2C(C(CCCN)N(CCN(C)C)c3ccc(C)c(C)c3)=Nc3ccc(C)cc3C2=C2CC2)cc1. The third-order valence-corrected chi connectivity index (χ3v) is 9.63. The number of hydrogen-bond donors (Lipinski definition) is 1. The van der Waals surface area contributed by atoms with Gasteiger partial charge in [0.2, 0.25) is 0 Å². The minimum Gasteiger partial charge on any atom is -0.497 e. The van der Waals surface area contributed by atoms with Crippen LogP contribution in [0.15, 0.2) is 82.9 Å². The van der Waals surface area contributed by atoms with E-state index in [1.54, 1.807) is 12.7 Å². The highest BCUT2D eigenvalue weighted by molar-refractivity contribution is 6.17. The van der Waals surface area contributed by atoms with E-state index in [4.69, 9.17) is 15.5 Å². The third-order valence-electron chi connectivity index (χ3n) is 9.63. The molecule has 0 amide bonds. The number of ether oxygens (including phenoxy) is 1. The van der Waals surface area contributed by atoms with Gasteiger partial charge in [0.15, 0.2) is 0 Å². The van der Waals surface area contributed by atoms with E-state index in [0.717, 1.165) is 61.7 Å². The van der Waals surface area contributed by atoms with Crippen molar-refractivity contribution >= 4 is 28.6 Å². The van der Waals surface area contributed by atoms with Gasteiger partial charge < -0.3 is 20.3 Å². The van der Waals surface area contributed by atoms with Crippen molar-refractivity contribution in [3.05, 3.63) is 100 Å². The second-order valence-electron chi connectivity index (χ2n) is 13.5. The predicted molar refractivity (Wildman–Crippen MR) is 201 cm³/mol. The van der Waals surface area contributed by atoms with Gasteiger partial charge in [-0.15, -0.1) is 0 Å². The number of rotatable bonds is 11. The highest BCUT2D eigenvalue weighted by Gasteiger charge is 2.37. The summed E-state index contributed by atoms with van der Waals surface area (Å²) in [6, 6.07) is 22.0. The van der Waals surface area contributed by atoms with Crippen LogP contribution in [0.4, 0.5) is 17.1 Å². The number of fused-ring (bicyclic) bond motifs is 1. The number of aryl methyl sites for hydroxylation is 3. The molecule has 3 aliphatic rings. The summed E-state index contributed by atoms with van der Waals surface area (Å²) in [7, 11) is 6.00. The van der Waals surface area contributed by atoms with Crippen LogP contribution in [0.5, 0.6) is 5.75 Å². The fourth-order valence-corrected chi connectivity index (χ4v) is 6.29. The van der Waals surface area contributed by atoms with Gasteiger partial charge in [-0.3, -0.25) is 4.90 Å². The molecule has 2 saturated carbocycles. The first-order chi connectivity index (χ1) is 22.7. The van der Waals surface area contributed by atoms with E-state index in [1.165, 1.54) is 58.5 Å². The van der Waals surface area contributed by atoms with Gasteiger partial charge in [-0.25, -0.2) is 4.99 Å². The molecular formula is C41H55N5O. The zero-order valence-corrected chi connectivity index (χ0v) is 29.8. The van der Waals surface area contributed by atoms with Crippen molar-refractivity contribution in [1.82, 2.24) is 4.90 Å². The van der Waals surface area contributed by atoms with Gasteiger partial charge in [-0.1, -0.05) is 29.3 Å². The van der Waals surface area contributed by atoms with Crippen LogP contribution in [0.25, 0.3) is 5.70 Å². The average Bonchev–Trinajstić information content (AvgIpc) is 3.88. The Hall–Kier alpha value is -3.87. The second kappa shape index (κ2) is 15.8. The minimum absolute atomic E-state index is 0.0338. The molecule has 3 aromatic rings. The van der Waals surface area contributed by atoms with E-state index in [2.05, 4.69) is 123 Å². The number of nitrogens with two attached hydrogens (primary N) is 1. The van der Waals surface area contributed by atoms with E-state index in [9.17, 15) is 0 Å². The summed E-state index contributed by atoms with van der Waals surface area (Å²) in [4.78, 5) is 12.8. The predicted octanol–water partition coefficient (Wildman–Crippen LogP) is 8.97. The second-order valence-corrected chi connectivity index (χ2v) is 13.5. The Morgan fingerprint density at radius 1 is 0.915 bits per heavy atom. The van der Waals surface area contributed by atoms with Crippen LogP contribution < -0.4 is 20.3 Å². The number of likely N-dealkylation sites (N-methyl/N-ethyl adjacent to an activating group) is 1. The first-order valence-corrected chi connectivity index (χ1v) is 17.4. The molecule has 6 rings (SSSR count). The van der Waals surface area contributed by atoms with E-state index in [0.29, 0.717) is 6.54 Å². The van der Waals surface area contributed by atoms with Crippen molar-refractivity contribution in [2.45, 2.75) is 78.7 Å². The first-order valence-electron chi connectivity index (χ1n) is 17.4. The van der Waals surface area contributed by atoms with Gasteiger partial charge in [0.25, 0.3) is 0 Å². The highest BCUT2D eigenvalue weighted by Crippen LogP contribution is 2.47. The molecule has 2 aliphatic carbocycles. The highest BCUT2D eigenvalue weighted by atomic mass is 16.5. The molecular weight excluding hydrogens is 578 g/mol. The molecule has 2 fully saturated rings. The Balaban J connectivity index is 0.000000650. The number of nitrogens with zero attached hydrogens (tertiary/aromatic N) is 4. The molecule has 1 unspecified atom stereocenters. The third kappa shape index (κ3) is 8.35. The fourth-order valence-electron chi connectivity index (χ4n) is 6.29. The maximum Gasteiger partial charge on any atom is 0.137 e. The zero-order chi connectivity index (χ0) is 33.5. The molecule has 0 spiro atoms. The zero-order valence-electron chi connectivity index (χ0n) is 29.8. The largest absolute Gasteiger partial charge is 0.497 e. The van der Waals surface area contributed by atoms with E-state index >= 15 is 0 Å². The molecule has 47 heavy (non-hydrogen) atoms. The summed E-state index contributed by atoms with van der Waals surface area (Å²) in [5, 5.41) is 0. The summed E-state index contributed by atoms with van der Waals surface area (Å²) in [6.07, 6.45) is 10.5. The van der Waals surface area contributed by atoms with Crippen molar-refractivity contribution in [3.63, 3.8) is 0 Å². The summed E-state index contributed by atoms with van der Waals surface area (Å²) in [6.45, 7) is 11.1. The van der Waals surface area contributed by atoms with Gasteiger partial charge >= 0.3 is 0 Å². The smallest absolute Gasteiger partial charge is 0.137 e. The normalized spacial score (nSPS) is 15.7. The molecule has 3 aromatic carbocycles. The Morgan fingerprint density at radius 2 is 1.66 bits per heavy atom. The van der Waals surface area contributed by atoms with Crippen LogP contribution in [0.1, 0.15) is 74.1 Å². The number of hydrogen-bond acceptors (Lipinski definition) is 6. The number of allylic oxidation sites excluding steroid dienone is 3. The molecule has 0 aromatic heterocycles. The number of benzene rings is 3. The lowest BCUT2D eigenvalue weighted by atomic mass is 9.93. The molecule has 1 aliphatic heterocycles. The van der Waals surface area contributed by atoms with Crippen LogP contribution >= 0.6 is 0 Å². The van der Waals surface area contributed by atoms with Gasteiger partial charge in [0.05, 0.1) is 24.5 Å². The van der Waals surface area contributed by atoms with Crippen LogP contribution in [0.2, 0.25) is 0 Å². The Morgan fingerprint density at radius 3 is 2.21 bits per heavy atom. The quantitative estimate of drug-likeness (QED) is 0.214. The molecule has 6 nitrogen and oxygen atoms in total. The molecule has 1 atom stereocenters. The summed E-state index contributed by atoms with van der Waals surface area (Å²) in [5.41, 5.74) is 19.1. The fraction of sp³-hybridized carbons (Fsp3) is 0.439. The van der Waals surface area contributed by atoms with Gasteiger partial charge in [-0.05, 0) is 159 Å². The van der Waals surface area contributed by atoms with Gasteiger partial charge in [0, 0.05) is 30.0 Å². The van der Waals surface area contributed by atoms with Crippen LogP contribution in [-0.4, -0.2) is 57.6 Å². The van der Waals surface area contributed by atoms with Crippen molar-refractivity contribution < 1.29 is 4.74 Å². The molecule has 0 radical (unpaired) electrons. The monoisotopic (exact) mass is 633 g/mol. The van der Waals surface area contributed by atoms with Crippen molar-refractivity contribution in [1.29, 1.82) is 0 Å². The summed E-state index contributed by atoms with van der Waals surface area (Å²) < 4.78 is 5.53. The molecule has 1 heterocycles. The lowest BCUT2D eigenvalue weighted by Gasteiger charge is -2.42. The van der Waals surface area contributed by atoms with Crippen LogP contribution in [0.3, 0.4) is 0 Å². The molecule has 250 valence electrons. The van der Waals surface area contributed by atoms with Gasteiger partial charge in [0.1, 0.15) is 11.6 Å². The maximum absolute atomic E-state index is 6.16.